The van der Waals surface area contributed by atoms with Crippen LogP contribution in [0.15, 0.2) is 29.8 Å². The maximum absolute atomic E-state index is 13.9. The number of benzene rings is 1. The lowest BCUT2D eigenvalue weighted by molar-refractivity contribution is -0.145. The van der Waals surface area contributed by atoms with Gasteiger partial charge >= 0.3 is 0 Å². The highest BCUT2D eigenvalue weighted by atomic mass is 32.1. The second-order valence-electron chi connectivity index (χ2n) is 13.7. The lowest BCUT2D eigenvalue weighted by Crippen LogP contribution is -2.58. The first-order valence-electron chi connectivity index (χ1n) is 16.1. The number of hydrogen-bond acceptors (Lipinski definition) is 9. The molecule has 0 bridgehead atoms. The number of hydrogen-bond donors (Lipinski definition) is 4. The molecule has 1 saturated carbocycles. The highest BCUT2D eigenvalue weighted by molar-refractivity contribution is 7.13. The number of aryl methyl sites for hydroxylation is 1. The Bertz CT molecular complexity index is 1330. The summed E-state index contributed by atoms with van der Waals surface area (Å²) in [5, 5.41) is 19.8. The zero-order chi connectivity index (χ0) is 32.3. The monoisotopic (exact) mass is 640 g/mol. The molecule has 3 heterocycles. The second kappa shape index (κ2) is 14.3. The van der Waals surface area contributed by atoms with Gasteiger partial charge in [-0.05, 0) is 43.2 Å². The van der Waals surface area contributed by atoms with Crippen LogP contribution in [0.2, 0.25) is 0 Å². The van der Waals surface area contributed by atoms with Gasteiger partial charge in [0.2, 0.25) is 17.7 Å². The second-order valence-corrected chi connectivity index (χ2v) is 14.6. The van der Waals surface area contributed by atoms with Crippen molar-refractivity contribution in [3.05, 3.63) is 41.0 Å². The number of amides is 3. The van der Waals surface area contributed by atoms with Crippen molar-refractivity contribution >= 4 is 29.1 Å². The third-order valence-electron chi connectivity index (χ3n) is 9.25. The molecule has 4 atom stereocenters. The summed E-state index contributed by atoms with van der Waals surface area (Å²) in [4.78, 5) is 49.7. The average molecular weight is 641 g/mol. The van der Waals surface area contributed by atoms with Crippen LogP contribution in [0.3, 0.4) is 0 Å². The van der Waals surface area contributed by atoms with Gasteiger partial charge in [-0.1, -0.05) is 45.0 Å². The fraction of sp³-hybridized carbons (Fsp3) is 0.636. The molecule has 3 amide bonds. The molecule has 0 spiro atoms. The number of nitrogens with zero attached hydrogens (tertiary/aromatic N) is 3. The molecule has 0 unspecified atom stereocenters. The van der Waals surface area contributed by atoms with E-state index in [-0.39, 0.29) is 49.4 Å². The number of carbonyl (C=O) groups excluding carboxylic acids is 3. The molecule has 45 heavy (non-hydrogen) atoms. The largest absolute Gasteiger partial charge is 0.391 e. The van der Waals surface area contributed by atoms with Crippen molar-refractivity contribution in [2.75, 3.05) is 39.3 Å². The predicted octanol–water partition coefficient (Wildman–Crippen LogP) is 2.24. The van der Waals surface area contributed by atoms with Gasteiger partial charge in [0, 0.05) is 45.2 Å². The number of ether oxygens (including phenoxy) is 1. The number of rotatable bonds is 10. The lowest BCUT2D eigenvalue weighted by Gasteiger charge is -2.44. The fourth-order valence-corrected chi connectivity index (χ4v) is 7.24. The summed E-state index contributed by atoms with van der Waals surface area (Å²) in [6.07, 6.45) is 1.16. The van der Waals surface area contributed by atoms with Crippen molar-refractivity contribution in [3.63, 3.8) is 0 Å². The smallest absolute Gasteiger partial charge is 0.246 e. The van der Waals surface area contributed by atoms with E-state index in [2.05, 4.69) is 25.8 Å². The molecule has 2 aromatic rings. The minimum atomic E-state index is -0.885. The predicted molar refractivity (Wildman–Crippen MR) is 174 cm³/mol. The summed E-state index contributed by atoms with van der Waals surface area (Å²) in [6.45, 7) is 13.5. The van der Waals surface area contributed by atoms with Crippen molar-refractivity contribution in [2.24, 2.45) is 5.41 Å². The summed E-state index contributed by atoms with van der Waals surface area (Å²) in [7, 11) is 0. The minimum absolute atomic E-state index is 0.0304. The van der Waals surface area contributed by atoms with E-state index >= 15 is 0 Å². The van der Waals surface area contributed by atoms with Gasteiger partial charge < -0.3 is 30.7 Å². The van der Waals surface area contributed by atoms with Crippen molar-refractivity contribution in [1.29, 1.82) is 0 Å². The zero-order valence-electron chi connectivity index (χ0n) is 27.0. The molecule has 5 rings (SSSR count). The highest BCUT2D eigenvalue weighted by Gasteiger charge is 2.45. The first-order chi connectivity index (χ1) is 21.4. The van der Waals surface area contributed by atoms with Crippen molar-refractivity contribution in [1.82, 2.24) is 30.7 Å². The number of carbonyl (C=O) groups is 3. The number of β-amino-alcohol motifs (C(OH)–C–C–N with tert-alkyl or cyclic N) is 1. The first-order valence-corrected chi connectivity index (χ1v) is 16.9. The van der Waals surface area contributed by atoms with Gasteiger partial charge in [0.15, 0.2) is 0 Å². The minimum Gasteiger partial charge on any atom is -0.391 e. The van der Waals surface area contributed by atoms with Crippen molar-refractivity contribution in [2.45, 2.75) is 90.3 Å². The first kappa shape index (κ1) is 33.5. The molecule has 1 aromatic heterocycles. The lowest BCUT2D eigenvalue weighted by atomic mass is 9.85. The van der Waals surface area contributed by atoms with Gasteiger partial charge in [0.05, 0.1) is 34.3 Å². The van der Waals surface area contributed by atoms with Crippen LogP contribution in [0.5, 0.6) is 0 Å². The van der Waals surface area contributed by atoms with E-state index in [1.165, 1.54) is 4.90 Å². The van der Waals surface area contributed by atoms with Crippen LogP contribution in [0.25, 0.3) is 10.4 Å². The summed E-state index contributed by atoms with van der Waals surface area (Å²) in [5.74, 6) is -1.08. The number of aromatic nitrogens is 1. The molecule has 2 aliphatic heterocycles. The Morgan fingerprint density at radius 1 is 1.11 bits per heavy atom. The number of piperazine rings is 1. The SMILES string of the molecule is Cc1ncsc1-c1ccc([C@H](C)NC(=O)[C@@H]2C[C@@H](O)CN2C(=O)[C@@H](NC(=O)COC2CC(N3CCNCC3)C2)C(C)(C)C)cc1. The van der Waals surface area contributed by atoms with Gasteiger partial charge in [-0.15, -0.1) is 11.3 Å². The van der Waals surface area contributed by atoms with Crippen LogP contribution in [-0.4, -0.2) is 107 Å². The third-order valence-corrected chi connectivity index (χ3v) is 10.2. The molecule has 12 heteroatoms. The molecular weight excluding hydrogens is 592 g/mol. The van der Waals surface area contributed by atoms with Crippen molar-refractivity contribution in [3.8, 4) is 10.4 Å². The van der Waals surface area contributed by atoms with E-state index in [0.717, 1.165) is 60.7 Å². The van der Waals surface area contributed by atoms with Crippen LogP contribution in [0.4, 0.5) is 0 Å². The number of aliphatic hydroxyl groups is 1. The average Bonchev–Trinajstić information content (AvgIpc) is 3.60. The molecule has 2 saturated heterocycles. The molecular formula is C33H48N6O5S. The molecule has 246 valence electrons. The number of aliphatic hydroxyl groups excluding tert-OH is 1. The van der Waals surface area contributed by atoms with Gasteiger partial charge in [-0.3, -0.25) is 19.3 Å². The van der Waals surface area contributed by atoms with E-state index < -0.39 is 23.6 Å². The summed E-state index contributed by atoms with van der Waals surface area (Å²) >= 11 is 1.59. The van der Waals surface area contributed by atoms with E-state index in [1.54, 1.807) is 11.3 Å². The molecule has 11 nitrogen and oxygen atoms in total. The van der Waals surface area contributed by atoms with Gasteiger partial charge in [0.25, 0.3) is 0 Å². The Morgan fingerprint density at radius 2 is 1.80 bits per heavy atom. The van der Waals surface area contributed by atoms with E-state index in [1.807, 2.05) is 64.4 Å². The fourth-order valence-electron chi connectivity index (χ4n) is 6.43. The molecule has 1 aromatic carbocycles. The van der Waals surface area contributed by atoms with Crippen LogP contribution >= 0.6 is 11.3 Å². The van der Waals surface area contributed by atoms with Gasteiger partial charge in [-0.2, -0.15) is 0 Å². The van der Waals surface area contributed by atoms with Crippen LogP contribution in [0.1, 0.15) is 64.3 Å². The van der Waals surface area contributed by atoms with E-state index in [4.69, 9.17) is 4.74 Å². The Morgan fingerprint density at radius 3 is 2.42 bits per heavy atom. The summed E-state index contributed by atoms with van der Waals surface area (Å²) in [6, 6.07) is 6.46. The number of likely N-dealkylation sites (tertiary alicyclic amines) is 1. The van der Waals surface area contributed by atoms with Gasteiger partial charge in [0.1, 0.15) is 18.7 Å². The highest BCUT2D eigenvalue weighted by Crippen LogP contribution is 2.31. The molecule has 3 fully saturated rings. The summed E-state index contributed by atoms with van der Waals surface area (Å²) < 4.78 is 5.89. The Labute approximate surface area is 270 Å². The Kier molecular flexibility index (Phi) is 10.6. The normalized spacial score (nSPS) is 25.3. The van der Waals surface area contributed by atoms with Crippen LogP contribution in [-0.2, 0) is 19.1 Å². The quantitative estimate of drug-likeness (QED) is 0.311. The molecule has 4 N–H and O–H groups in total. The van der Waals surface area contributed by atoms with Crippen molar-refractivity contribution < 1.29 is 24.2 Å². The van der Waals surface area contributed by atoms with E-state index in [0.29, 0.717) is 6.04 Å². The van der Waals surface area contributed by atoms with Crippen LogP contribution in [0, 0.1) is 12.3 Å². The number of nitrogens with one attached hydrogen (secondary N) is 3. The van der Waals surface area contributed by atoms with Gasteiger partial charge in [-0.25, -0.2) is 4.98 Å². The summed E-state index contributed by atoms with van der Waals surface area (Å²) in [5.41, 5.74) is 4.18. The number of thiazole rings is 1. The Hall–Kier alpha value is -2.90. The maximum atomic E-state index is 13.9. The topological polar surface area (TPSA) is 136 Å². The zero-order valence-corrected chi connectivity index (χ0v) is 27.9. The Balaban J connectivity index is 1.16. The third kappa shape index (κ3) is 8.10. The molecule has 1 aliphatic carbocycles. The maximum Gasteiger partial charge on any atom is 0.246 e. The standard InChI is InChI=1S/C33H48N6O5S/c1-20(22-6-8-23(9-7-22)29-21(2)35-19-45-29)36-31(42)27-16-25(40)17-39(27)32(43)30(33(3,4)5)37-28(41)18-44-26-14-24(15-26)38-12-10-34-11-13-38/h6-9,19-20,24-27,30,34,40H,10-18H2,1-5H3,(H,36,42)(H,37,41)/t20-,24?,25+,26?,27-,30+/m0/s1. The molecule has 0 radical (unpaired) electrons. The van der Waals surface area contributed by atoms with Crippen LogP contribution < -0.4 is 16.0 Å². The van der Waals surface area contributed by atoms with E-state index in [9.17, 15) is 19.5 Å². The molecule has 3 aliphatic rings.